The van der Waals surface area contributed by atoms with Crippen molar-refractivity contribution in [3.05, 3.63) is 35.4 Å². The van der Waals surface area contributed by atoms with Gasteiger partial charge in [0.15, 0.2) is 0 Å². The van der Waals surface area contributed by atoms with Crippen LogP contribution in [0.4, 0.5) is 0 Å². The number of carbonyl (C=O) groups is 3. The second-order valence-electron chi connectivity index (χ2n) is 18.0. The Morgan fingerprint density at radius 1 is 0.632 bits per heavy atom. The zero-order valence-electron chi connectivity index (χ0n) is 43.3. The number of rotatable bonds is 25. The van der Waals surface area contributed by atoms with Gasteiger partial charge in [0.25, 0.3) is 0 Å². The van der Waals surface area contributed by atoms with Crippen LogP contribution in [0.3, 0.4) is 0 Å². The summed E-state index contributed by atoms with van der Waals surface area (Å²) in [5.74, 6) is -2.28. The van der Waals surface area contributed by atoms with Crippen LogP contribution in [0.2, 0.25) is 0 Å². The highest BCUT2D eigenvalue weighted by atomic mass is 16.4. The predicted molar refractivity (Wildman–Crippen MR) is 264 cm³/mol. The van der Waals surface area contributed by atoms with E-state index in [4.69, 9.17) is 62.5 Å². The Kier molecular flexibility index (Phi) is 49.1. The first-order chi connectivity index (χ1) is 31.5. The second kappa shape index (κ2) is 44.2. The number of aliphatic carboxylic acids is 3. The minimum Gasteiger partial charge on any atom is -0.481 e. The molecule has 0 saturated heterocycles. The summed E-state index contributed by atoms with van der Waals surface area (Å²) in [5.41, 5.74) is 8.77. The maximum Gasteiger partial charge on any atom is 0.314 e. The topological polar surface area (TPSA) is 368 Å². The van der Waals surface area contributed by atoms with Gasteiger partial charge in [-0.15, -0.1) is 0 Å². The molecule has 0 bridgehead atoms. The number of aliphatic hydroxyl groups is 7. The third-order valence-corrected chi connectivity index (χ3v) is 10.4. The Hall–Kier alpha value is -4.01. The van der Waals surface area contributed by atoms with Gasteiger partial charge in [-0.25, -0.2) is 9.59 Å². The molecule has 14 N–H and O–H groups in total. The molecule has 400 valence electrons. The molecule has 0 aliphatic carbocycles. The smallest absolute Gasteiger partial charge is 0.314 e. The summed E-state index contributed by atoms with van der Waals surface area (Å²) >= 11 is 0. The maximum absolute atomic E-state index is 10.4. The molecule has 0 fully saturated rings. The monoisotopic (exact) mass is 980 g/mol. The molecule has 1 rings (SSSR count). The molecule has 0 heterocycles. The average Bonchev–Trinajstić information content (AvgIpc) is 3.32. The van der Waals surface area contributed by atoms with E-state index in [-0.39, 0.29) is 51.3 Å². The fourth-order valence-electron chi connectivity index (χ4n) is 4.17. The summed E-state index contributed by atoms with van der Waals surface area (Å²) in [4.78, 5) is 60.7. The molecule has 0 radical (unpaired) electrons. The second-order valence-corrected chi connectivity index (χ2v) is 18.0. The summed E-state index contributed by atoms with van der Waals surface area (Å²) in [6.45, 7) is 26.4. The number of hydrogen-bond donors (Lipinski definition) is 12. The van der Waals surface area contributed by atoms with Crippen molar-refractivity contribution in [1.29, 1.82) is 0 Å². The van der Waals surface area contributed by atoms with Gasteiger partial charge in [0, 0.05) is 23.7 Å². The van der Waals surface area contributed by atoms with E-state index in [1.54, 1.807) is 26.0 Å². The predicted octanol–water partition coefficient (Wildman–Crippen LogP) is 3.63. The van der Waals surface area contributed by atoms with Crippen molar-refractivity contribution in [2.75, 3.05) is 79.0 Å². The van der Waals surface area contributed by atoms with Crippen molar-refractivity contribution in [2.24, 2.45) is 43.6 Å². The Bertz CT molecular complexity index is 1410. The lowest BCUT2D eigenvalue weighted by atomic mass is 9.88. The number of carbonyl (C=O) groups excluding carboxylic acids is 2. The van der Waals surface area contributed by atoms with Gasteiger partial charge in [0.1, 0.15) is 5.41 Å². The highest BCUT2D eigenvalue weighted by molar-refractivity contribution is 5.74. The third kappa shape index (κ3) is 41.0. The van der Waals surface area contributed by atoms with E-state index in [2.05, 4.69) is 42.6 Å². The standard InChI is InChI=1S/C14H16N2O2.C6H16N2.C6H15N.C6H10O4.C6H14O3.C5H10O4.C5H12O2/c1-13(2,15-9-17)11-6-5-7-12(8-11)14(3,4)16-10-18;1-6(5-8)3-2-4-7;1-4-7(5-2)6-3;7-5(8)3-1-2-4-6(9)10;1-2-6(3-7,4-8)5-9;1-5(2-6,3-7)4(8)9;1-5(2,3-6)4-7/h5-8H,1-4H3;6H,2-5,7-8H2,1H3;4-6H2,1-3H3;1-4H2,(H,7,8)(H,9,10);7-9H,2-5H2,1H3;6-7H,2-3H2,1H3,(H,8,9);6-7H,3-4H2,1-2H3. The molecule has 68 heavy (non-hydrogen) atoms. The van der Waals surface area contributed by atoms with E-state index in [1.807, 2.05) is 58.9 Å². The van der Waals surface area contributed by atoms with Crippen LogP contribution in [0.5, 0.6) is 0 Å². The first-order valence-electron chi connectivity index (χ1n) is 22.9. The first-order valence-corrected chi connectivity index (χ1v) is 22.9. The van der Waals surface area contributed by atoms with Gasteiger partial charge in [-0.1, -0.05) is 72.7 Å². The van der Waals surface area contributed by atoms with Crippen LogP contribution < -0.4 is 11.5 Å². The van der Waals surface area contributed by atoms with Gasteiger partial charge in [-0.05, 0) is 116 Å². The van der Waals surface area contributed by atoms with Gasteiger partial charge >= 0.3 is 17.9 Å². The van der Waals surface area contributed by atoms with Crippen molar-refractivity contribution in [2.45, 2.75) is 139 Å². The molecule has 1 aromatic carbocycles. The Balaban J connectivity index is -0.000000170. The number of aliphatic imine (C=N–C) groups is 2. The molecule has 1 unspecified atom stereocenters. The molecule has 0 spiro atoms. The average molecular weight is 980 g/mol. The summed E-state index contributed by atoms with van der Waals surface area (Å²) in [5, 5.41) is 84.2. The lowest BCUT2D eigenvalue weighted by molar-refractivity contribution is -0.153. The normalized spacial score (nSPS) is 11.4. The largest absolute Gasteiger partial charge is 0.481 e. The quantitative estimate of drug-likeness (QED) is 0.0378. The molecule has 1 aromatic rings. The van der Waals surface area contributed by atoms with Crippen LogP contribution in [-0.2, 0) is 35.1 Å². The zero-order chi connectivity index (χ0) is 54.6. The van der Waals surface area contributed by atoms with Crippen LogP contribution >= 0.6 is 0 Å². The molecule has 20 nitrogen and oxygen atoms in total. The number of nitrogens with zero attached hydrogens (tertiary/aromatic N) is 3. The molecule has 0 aliphatic rings. The third-order valence-electron chi connectivity index (χ3n) is 10.4. The van der Waals surface area contributed by atoms with Gasteiger partial charge in [-0.3, -0.25) is 14.4 Å². The highest BCUT2D eigenvalue weighted by Crippen LogP contribution is 2.30. The number of isocyanates is 2. The number of carboxylic acids is 3. The summed E-state index contributed by atoms with van der Waals surface area (Å²) in [6, 6.07) is 7.51. The van der Waals surface area contributed by atoms with E-state index in [9.17, 15) is 24.0 Å². The summed E-state index contributed by atoms with van der Waals surface area (Å²) in [6.07, 6.45) is 7.05. The van der Waals surface area contributed by atoms with Crippen molar-refractivity contribution in [3.63, 3.8) is 0 Å². The SMILES string of the molecule is CC(C)(CO)CO.CC(C)(N=C=O)c1cccc(C(C)(C)N=C=O)c1.CC(CN)CCCN.CC(CO)(CO)C(=O)O.CCC(CO)(CO)CO.CCN(CC)CC.O=C(O)CCCCC(=O)O. The molecule has 20 heteroatoms. The molecular weight excluding hydrogens is 887 g/mol. The van der Waals surface area contributed by atoms with Gasteiger partial charge < -0.3 is 67.4 Å². The van der Waals surface area contributed by atoms with E-state index < -0.39 is 53.0 Å². The summed E-state index contributed by atoms with van der Waals surface area (Å²) in [7, 11) is 0. The van der Waals surface area contributed by atoms with Crippen LogP contribution in [0.1, 0.15) is 139 Å². The minimum absolute atomic E-state index is 0.0451. The Labute approximate surface area is 406 Å². The molecule has 0 amide bonds. The molecule has 1 atom stereocenters. The zero-order valence-corrected chi connectivity index (χ0v) is 43.3. The number of nitrogens with two attached hydrogens (primary N) is 2. The number of aliphatic hydroxyl groups excluding tert-OH is 7. The van der Waals surface area contributed by atoms with Crippen molar-refractivity contribution in [3.8, 4) is 0 Å². The minimum atomic E-state index is -1.39. The lowest BCUT2D eigenvalue weighted by Crippen LogP contribution is -2.35. The Morgan fingerprint density at radius 2 is 1.00 bits per heavy atom. The van der Waals surface area contributed by atoms with Crippen molar-refractivity contribution < 1.29 is 75.0 Å². The van der Waals surface area contributed by atoms with Gasteiger partial charge in [0.2, 0.25) is 12.2 Å². The fourth-order valence-corrected chi connectivity index (χ4v) is 4.17. The highest BCUT2D eigenvalue weighted by Gasteiger charge is 2.31. The number of hydrogen-bond acceptors (Lipinski definition) is 17. The maximum atomic E-state index is 10.4. The number of benzene rings is 1. The van der Waals surface area contributed by atoms with E-state index in [1.165, 1.54) is 33.0 Å². The van der Waals surface area contributed by atoms with E-state index >= 15 is 0 Å². The van der Waals surface area contributed by atoms with E-state index in [0.717, 1.165) is 30.6 Å². The number of carboxylic acid groups (broad SMARTS) is 3. The first kappa shape index (κ1) is 75.5. The summed E-state index contributed by atoms with van der Waals surface area (Å²) < 4.78 is 0. The van der Waals surface area contributed by atoms with Crippen LogP contribution in [0, 0.1) is 22.2 Å². The number of unbranched alkanes of at least 4 members (excludes halogenated alkanes) is 1. The van der Waals surface area contributed by atoms with Gasteiger partial charge in [0.05, 0.1) is 57.3 Å². The molecule has 0 aromatic heterocycles. The van der Waals surface area contributed by atoms with Crippen molar-refractivity contribution in [1.82, 2.24) is 4.90 Å². The van der Waals surface area contributed by atoms with Gasteiger partial charge in [-0.2, -0.15) is 9.98 Å². The molecular formula is C48H93N5O15. The molecule has 0 saturated carbocycles. The van der Waals surface area contributed by atoms with Crippen LogP contribution in [0.25, 0.3) is 0 Å². The van der Waals surface area contributed by atoms with E-state index in [0.29, 0.717) is 25.2 Å². The Morgan fingerprint density at radius 3 is 1.16 bits per heavy atom. The van der Waals surface area contributed by atoms with Crippen molar-refractivity contribution >= 4 is 30.1 Å². The molecule has 0 aliphatic heterocycles. The van der Waals surface area contributed by atoms with Crippen LogP contribution in [0.15, 0.2) is 34.3 Å². The fraction of sp³-hybridized carbons (Fsp3) is 0.771. The lowest BCUT2D eigenvalue weighted by Gasteiger charge is -2.24. The van der Waals surface area contributed by atoms with Crippen LogP contribution in [-0.4, -0.2) is 165 Å².